The van der Waals surface area contributed by atoms with E-state index in [9.17, 15) is 19.5 Å². The van der Waals surface area contributed by atoms with E-state index < -0.39 is 17.9 Å². The number of amides is 2. The van der Waals surface area contributed by atoms with Crippen molar-refractivity contribution in [1.29, 1.82) is 0 Å². The van der Waals surface area contributed by atoms with Crippen LogP contribution in [0.4, 0.5) is 0 Å². The lowest BCUT2D eigenvalue weighted by Gasteiger charge is -2.32. The van der Waals surface area contributed by atoms with Crippen molar-refractivity contribution in [2.75, 3.05) is 13.2 Å². The van der Waals surface area contributed by atoms with Crippen LogP contribution in [0.5, 0.6) is 5.75 Å². The van der Waals surface area contributed by atoms with Gasteiger partial charge in [0.2, 0.25) is 5.91 Å². The molecular weight excluding hydrogens is 300 g/mol. The third kappa shape index (κ3) is 4.70. The number of carbonyl (C=O) groups excluding carboxylic acids is 2. The van der Waals surface area contributed by atoms with E-state index >= 15 is 0 Å². The van der Waals surface area contributed by atoms with Crippen LogP contribution in [0.3, 0.4) is 0 Å². The molecule has 124 valence electrons. The zero-order valence-corrected chi connectivity index (χ0v) is 12.7. The number of piperidine rings is 1. The number of carboxylic acids is 1. The van der Waals surface area contributed by atoms with Gasteiger partial charge >= 0.3 is 5.97 Å². The number of likely N-dealkylation sites (tertiary alicyclic amines) is 1. The maximum atomic E-state index is 12.2. The van der Waals surface area contributed by atoms with Gasteiger partial charge in [0.1, 0.15) is 11.8 Å². The van der Waals surface area contributed by atoms with E-state index in [0.717, 1.165) is 18.4 Å². The summed E-state index contributed by atoms with van der Waals surface area (Å²) in [5.74, 6) is -1.25. The Morgan fingerprint density at radius 3 is 2.52 bits per heavy atom. The molecule has 1 unspecified atom stereocenters. The van der Waals surface area contributed by atoms with Crippen LogP contribution in [0.25, 0.3) is 0 Å². The third-order valence-electron chi connectivity index (χ3n) is 3.77. The van der Waals surface area contributed by atoms with Crippen LogP contribution in [0.2, 0.25) is 0 Å². The van der Waals surface area contributed by atoms with Crippen molar-refractivity contribution in [3.05, 3.63) is 29.8 Å². The van der Waals surface area contributed by atoms with E-state index in [1.165, 1.54) is 4.90 Å². The average Bonchev–Trinajstić information content (AvgIpc) is 2.53. The minimum Gasteiger partial charge on any atom is -0.484 e. The second-order valence-electron chi connectivity index (χ2n) is 5.51. The molecule has 2 amide bonds. The summed E-state index contributed by atoms with van der Waals surface area (Å²) >= 11 is 0. The summed E-state index contributed by atoms with van der Waals surface area (Å²) in [6.45, 7) is 0.232. The third-order valence-corrected chi connectivity index (χ3v) is 3.77. The van der Waals surface area contributed by atoms with Gasteiger partial charge in [0.05, 0.1) is 6.42 Å². The highest BCUT2D eigenvalue weighted by molar-refractivity contribution is 5.84. The lowest BCUT2D eigenvalue weighted by Crippen LogP contribution is -2.49. The molecule has 23 heavy (non-hydrogen) atoms. The number of hydrogen-bond donors (Lipinski definition) is 2. The fourth-order valence-corrected chi connectivity index (χ4v) is 2.62. The van der Waals surface area contributed by atoms with Crippen molar-refractivity contribution in [3.8, 4) is 5.75 Å². The molecule has 1 aromatic rings. The van der Waals surface area contributed by atoms with Crippen molar-refractivity contribution < 1.29 is 24.2 Å². The Morgan fingerprint density at radius 2 is 1.91 bits per heavy atom. The molecule has 1 atom stereocenters. The summed E-state index contributed by atoms with van der Waals surface area (Å²) in [6, 6.07) is 5.93. The number of nitrogens with zero attached hydrogens (tertiary/aromatic N) is 1. The number of carbonyl (C=O) groups is 3. The average molecular weight is 320 g/mol. The minimum absolute atomic E-state index is 0.146. The number of ether oxygens (including phenoxy) is 1. The van der Waals surface area contributed by atoms with Gasteiger partial charge in [0.25, 0.3) is 5.91 Å². The van der Waals surface area contributed by atoms with Crippen LogP contribution in [-0.2, 0) is 20.8 Å². The van der Waals surface area contributed by atoms with Crippen LogP contribution in [-0.4, -0.2) is 47.0 Å². The molecule has 3 N–H and O–H groups in total. The number of aliphatic carboxylic acids is 1. The number of carboxylic acid groups (broad SMARTS) is 1. The van der Waals surface area contributed by atoms with Gasteiger partial charge in [-0.3, -0.25) is 9.59 Å². The topological polar surface area (TPSA) is 110 Å². The minimum atomic E-state index is -0.978. The molecule has 0 spiro atoms. The Hall–Kier alpha value is -2.57. The summed E-state index contributed by atoms with van der Waals surface area (Å²) < 4.78 is 5.41. The van der Waals surface area contributed by atoms with Crippen LogP contribution in [0.15, 0.2) is 24.3 Å². The zero-order chi connectivity index (χ0) is 16.8. The molecule has 1 heterocycles. The van der Waals surface area contributed by atoms with E-state index in [1.54, 1.807) is 24.3 Å². The summed E-state index contributed by atoms with van der Waals surface area (Å²) in [5, 5.41) is 9.17. The number of benzene rings is 1. The lowest BCUT2D eigenvalue weighted by atomic mass is 10.0. The Labute approximate surface area is 134 Å². The van der Waals surface area contributed by atoms with Crippen LogP contribution < -0.4 is 10.5 Å². The largest absolute Gasteiger partial charge is 0.484 e. The molecule has 0 radical (unpaired) electrons. The Balaban J connectivity index is 1.90. The maximum Gasteiger partial charge on any atom is 0.326 e. The predicted molar refractivity (Wildman–Crippen MR) is 81.8 cm³/mol. The number of primary amides is 1. The molecule has 1 saturated heterocycles. The van der Waals surface area contributed by atoms with Crippen molar-refractivity contribution in [1.82, 2.24) is 4.90 Å². The Kier molecular flexibility index (Phi) is 5.56. The van der Waals surface area contributed by atoms with Crippen LogP contribution in [0, 0.1) is 0 Å². The molecule has 0 saturated carbocycles. The van der Waals surface area contributed by atoms with E-state index in [2.05, 4.69) is 0 Å². The van der Waals surface area contributed by atoms with Gasteiger partial charge in [-0.25, -0.2) is 4.79 Å². The first-order valence-corrected chi connectivity index (χ1v) is 7.49. The number of rotatable bonds is 6. The van der Waals surface area contributed by atoms with Crippen LogP contribution in [0.1, 0.15) is 24.8 Å². The highest BCUT2D eigenvalue weighted by atomic mass is 16.5. The molecule has 7 heteroatoms. The summed E-state index contributed by atoms with van der Waals surface area (Å²) in [5.41, 5.74) is 5.87. The lowest BCUT2D eigenvalue weighted by molar-refractivity contribution is -0.152. The van der Waals surface area contributed by atoms with Gasteiger partial charge in [-0.1, -0.05) is 12.1 Å². The molecular formula is C16H20N2O5. The molecule has 1 aliphatic rings. The highest BCUT2D eigenvalue weighted by Gasteiger charge is 2.31. The van der Waals surface area contributed by atoms with Gasteiger partial charge in [-0.05, 0) is 37.0 Å². The van der Waals surface area contributed by atoms with Gasteiger partial charge in [-0.2, -0.15) is 0 Å². The standard InChI is InChI=1S/C16H20N2O5/c17-14(19)9-11-4-6-12(7-5-11)23-10-15(20)18-8-2-1-3-13(18)16(21)22/h4-7,13H,1-3,8-10H2,(H2,17,19)(H,21,22). The molecule has 0 bridgehead atoms. The molecule has 7 nitrogen and oxygen atoms in total. The van der Waals surface area contributed by atoms with E-state index in [-0.39, 0.29) is 18.9 Å². The second kappa shape index (κ2) is 7.62. The van der Waals surface area contributed by atoms with Gasteiger partial charge in [0.15, 0.2) is 6.61 Å². The molecule has 1 aromatic carbocycles. The Bertz CT molecular complexity index is 585. The Morgan fingerprint density at radius 1 is 1.22 bits per heavy atom. The fourth-order valence-electron chi connectivity index (χ4n) is 2.62. The van der Waals surface area contributed by atoms with Crippen molar-refractivity contribution in [2.45, 2.75) is 31.7 Å². The summed E-state index contributed by atoms with van der Waals surface area (Å²) in [4.78, 5) is 35.6. The van der Waals surface area contributed by atoms with Crippen molar-refractivity contribution in [2.24, 2.45) is 5.73 Å². The molecule has 2 rings (SSSR count). The molecule has 0 aromatic heterocycles. The first kappa shape index (κ1) is 16.8. The fraction of sp³-hybridized carbons (Fsp3) is 0.438. The van der Waals surface area contributed by atoms with Crippen molar-refractivity contribution in [3.63, 3.8) is 0 Å². The van der Waals surface area contributed by atoms with Gasteiger partial charge < -0.3 is 20.5 Å². The highest BCUT2D eigenvalue weighted by Crippen LogP contribution is 2.18. The van der Waals surface area contributed by atoms with Gasteiger partial charge in [0, 0.05) is 6.54 Å². The first-order chi connectivity index (χ1) is 11.0. The summed E-state index contributed by atoms with van der Waals surface area (Å²) in [6.07, 6.45) is 2.23. The van der Waals surface area contributed by atoms with Crippen LogP contribution >= 0.6 is 0 Å². The zero-order valence-electron chi connectivity index (χ0n) is 12.7. The monoisotopic (exact) mass is 320 g/mol. The maximum absolute atomic E-state index is 12.2. The van der Waals surface area contributed by atoms with Gasteiger partial charge in [-0.15, -0.1) is 0 Å². The normalized spacial score (nSPS) is 17.6. The van der Waals surface area contributed by atoms with E-state index in [4.69, 9.17) is 10.5 Å². The quantitative estimate of drug-likeness (QED) is 0.796. The number of nitrogens with two attached hydrogens (primary N) is 1. The van der Waals surface area contributed by atoms with Crippen molar-refractivity contribution >= 4 is 17.8 Å². The smallest absolute Gasteiger partial charge is 0.326 e. The molecule has 1 fully saturated rings. The molecule has 1 aliphatic heterocycles. The summed E-state index contributed by atoms with van der Waals surface area (Å²) in [7, 11) is 0. The number of hydrogen-bond acceptors (Lipinski definition) is 4. The molecule has 0 aliphatic carbocycles. The predicted octanol–water partition coefficient (Wildman–Crippen LogP) is 0.559. The SMILES string of the molecule is NC(=O)Cc1ccc(OCC(=O)N2CCCCC2C(=O)O)cc1. The second-order valence-corrected chi connectivity index (χ2v) is 5.51. The first-order valence-electron chi connectivity index (χ1n) is 7.49. The van der Waals surface area contributed by atoms with E-state index in [0.29, 0.717) is 18.7 Å². The van der Waals surface area contributed by atoms with E-state index in [1.807, 2.05) is 0 Å².